The molecule has 2 fully saturated rings. The Balaban J connectivity index is 1.63. The van der Waals surface area contributed by atoms with Crippen molar-refractivity contribution in [3.8, 4) is 0 Å². The molecule has 10 heteroatoms. The number of halogens is 1. The van der Waals surface area contributed by atoms with E-state index in [0.29, 0.717) is 41.2 Å². The number of amides is 1. The average Bonchev–Trinajstić information content (AvgIpc) is 3.41. The fourth-order valence-corrected chi connectivity index (χ4v) is 6.43. The first kappa shape index (κ1) is 22.4. The van der Waals surface area contributed by atoms with Crippen molar-refractivity contribution < 1.29 is 13.2 Å². The van der Waals surface area contributed by atoms with Crippen LogP contribution in [0.1, 0.15) is 35.3 Å². The maximum absolute atomic E-state index is 13.4. The third-order valence-corrected chi connectivity index (χ3v) is 8.85. The molecular weight excluding hydrogens is 456 g/mol. The molecule has 0 spiro atoms. The molecule has 0 radical (unpaired) electrons. The molecule has 1 aromatic heterocycles. The average molecular weight is 481 g/mol. The summed E-state index contributed by atoms with van der Waals surface area (Å²) >= 11 is 7.74. The summed E-state index contributed by atoms with van der Waals surface area (Å²) in [4.78, 5) is 19.8. The van der Waals surface area contributed by atoms with Crippen LogP contribution in [-0.2, 0) is 17.1 Å². The summed E-state index contributed by atoms with van der Waals surface area (Å²) < 4.78 is 28.9. The van der Waals surface area contributed by atoms with Crippen LogP contribution in [0.4, 0.5) is 5.69 Å². The second-order valence-electron chi connectivity index (χ2n) is 7.77. The van der Waals surface area contributed by atoms with E-state index in [4.69, 9.17) is 11.6 Å². The second kappa shape index (κ2) is 8.97. The third kappa shape index (κ3) is 4.55. The number of thioether (sulfide) groups is 1. The van der Waals surface area contributed by atoms with Crippen LogP contribution in [-0.4, -0.2) is 58.7 Å². The Morgan fingerprint density at radius 2 is 1.87 bits per heavy atom. The van der Waals surface area contributed by atoms with Crippen LogP contribution >= 0.6 is 23.4 Å². The molecule has 0 N–H and O–H groups in total. The van der Waals surface area contributed by atoms with E-state index in [1.165, 1.54) is 28.3 Å². The maximum atomic E-state index is 13.4. The van der Waals surface area contributed by atoms with E-state index in [1.807, 2.05) is 19.1 Å². The number of benzene rings is 1. The van der Waals surface area contributed by atoms with Gasteiger partial charge in [0.2, 0.25) is 10.0 Å². The van der Waals surface area contributed by atoms with Gasteiger partial charge in [-0.3, -0.25) is 9.69 Å². The Morgan fingerprint density at radius 1 is 1.13 bits per heavy atom. The van der Waals surface area contributed by atoms with Crippen molar-refractivity contribution in [3.63, 3.8) is 0 Å². The quantitative estimate of drug-likeness (QED) is 0.661. The van der Waals surface area contributed by atoms with E-state index in [9.17, 15) is 13.2 Å². The molecule has 2 aromatic rings. The number of sulfonamides is 1. The van der Waals surface area contributed by atoms with Gasteiger partial charge < -0.3 is 4.57 Å². The molecular formula is C21H25ClN4O3S2. The van der Waals surface area contributed by atoms with Crippen LogP contribution in [0.5, 0.6) is 0 Å². The molecule has 31 heavy (non-hydrogen) atoms. The molecule has 0 atom stereocenters. The van der Waals surface area contributed by atoms with Crippen molar-refractivity contribution in [1.29, 1.82) is 0 Å². The van der Waals surface area contributed by atoms with Crippen LogP contribution in [0.2, 0.25) is 5.02 Å². The van der Waals surface area contributed by atoms with Gasteiger partial charge in [0.1, 0.15) is 10.6 Å². The van der Waals surface area contributed by atoms with Crippen LogP contribution in [0.3, 0.4) is 0 Å². The van der Waals surface area contributed by atoms with Crippen LogP contribution in [0.15, 0.2) is 40.4 Å². The summed E-state index contributed by atoms with van der Waals surface area (Å²) in [7, 11) is -1.89. The van der Waals surface area contributed by atoms with Crippen LogP contribution < -0.4 is 0 Å². The van der Waals surface area contributed by atoms with E-state index >= 15 is 0 Å². The molecule has 0 saturated carbocycles. The topological polar surface area (TPSA) is 75.0 Å². The Bertz CT molecular complexity index is 1140. The highest BCUT2D eigenvalue weighted by Crippen LogP contribution is 2.28. The first-order valence-electron chi connectivity index (χ1n) is 10.2. The summed E-state index contributed by atoms with van der Waals surface area (Å²) in [6, 6.07) is 7.03. The van der Waals surface area contributed by atoms with Gasteiger partial charge in [0.25, 0.3) is 5.91 Å². The zero-order valence-corrected chi connectivity index (χ0v) is 19.9. The number of amidine groups is 1. The molecule has 2 aliphatic heterocycles. The Morgan fingerprint density at radius 3 is 2.58 bits per heavy atom. The summed E-state index contributed by atoms with van der Waals surface area (Å²) in [5, 5.41) is 1.22. The van der Waals surface area contributed by atoms with Crippen LogP contribution in [0, 0.1) is 6.92 Å². The van der Waals surface area contributed by atoms with E-state index in [-0.39, 0.29) is 10.8 Å². The summed E-state index contributed by atoms with van der Waals surface area (Å²) in [5.74, 6) is 0.610. The lowest BCUT2D eigenvalue weighted by Crippen LogP contribution is -2.40. The minimum absolute atomic E-state index is 0.161. The van der Waals surface area contributed by atoms with E-state index in [0.717, 1.165) is 30.6 Å². The number of aliphatic imine (C=N–C) groups is 1. The highest BCUT2D eigenvalue weighted by Gasteiger charge is 2.32. The van der Waals surface area contributed by atoms with Gasteiger partial charge in [-0.05, 0) is 49.9 Å². The zero-order chi connectivity index (χ0) is 22.2. The molecule has 1 aromatic carbocycles. The highest BCUT2D eigenvalue weighted by atomic mass is 35.5. The molecule has 166 valence electrons. The molecule has 1 amide bonds. The molecule has 2 aliphatic rings. The normalized spacial score (nSPS) is 19.3. The summed E-state index contributed by atoms with van der Waals surface area (Å²) in [6.07, 6.45) is 4.10. The fourth-order valence-electron chi connectivity index (χ4n) is 3.71. The van der Waals surface area contributed by atoms with Crippen molar-refractivity contribution in [2.45, 2.75) is 31.1 Å². The highest BCUT2D eigenvalue weighted by molar-refractivity contribution is 8.13. The Labute approximate surface area is 192 Å². The summed E-state index contributed by atoms with van der Waals surface area (Å²) in [6.45, 7) is 3.51. The van der Waals surface area contributed by atoms with Gasteiger partial charge in [0, 0.05) is 43.7 Å². The lowest BCUT2D eigenvalue weighted by Gasteiger charge is -2.27. The molecule has 0 unspecified atom stereocenters. The monoisotopic (exact) mass is 480 g/mol. The van der Waals surface area contributed by atoms with Gasteiger partial charge in [-0.2, -0.15) is 4.31 Å². The van der Waals surface area contributed by atoms with Crippen molar-refractivity contribution in [1.82, 2.24) is 13.8 Å². The summed E-state index contributed by atoms with van der Waals surface area (Å²) in [5.41, 5.74) is 1.97. The van der Waals surface area contributed by atoms with Crippen LogP contribution in [0.25, 0.3) is 0 Å². The molecule has 2 saturated heterocycles. The van der Waals surface area contributed by atoms with Gasteiger partial charge in [-0.1, -0.05) is 29.4 Å². The lowest BCUT2D eigenvalue weighted by atomic mass is 10.2. The molecule has 3 heterocycles. The van der Waals surface area contributed by atoms with Crippen molar-refractivity contribution >= 4 is 50.1 Å². The van der Waals surface area contributed by atoms with Gasteiger partial charge in [0.05, 0.1) is 5.69 Å². The number of rotatable bonds is 4. The number of nitrogens with zero attached hydrogens (tertiary/aromatic N) is 4. The lowest BCUT2D eigenvalue weighted by molar-refractivity contribution is 0.0840. The van der Waals surface area contributed by atoms with Gasteiger partial charge in [-0.25, -0.2) is 13.4 Å². The Kier molecular flexibility index (Phi) is 6.48. The number of hydrogen-bond acceptors (Lipinski definition) is 5. The standard InChI is InChI=1S/C21H25ClN4O3S2/c1-15-6-7-16(12-18(15)22)23-21-26(10-5-11-30-21)20(27)19-13-17(14-24(19)2)31(28,29)25-8-3-4-9-25/h6-7,12-14H,3-5,8-11H2,1-2H3. The minimum atomic E-state index is -3.58. The number of aromatic nitrogens is 1. The van der Waals surface area contributed by atoms with Gasteiger partial charge >= 0.3 is 0 Å². The largest absolute Gasteiger partial charge is 0.345 e. The van der Waals surface area contributed by atoms with Crippen molar-refractivity contribution in [2.75, 3.05) is 25.4 Å². The SMILES string of the molecule is Cc1ccc(N=C2SCCCN2C(=O)c2cc(S(=O)(=O)N3CCCC3)cn2C)cc1Cl. The number of carbonyl (C=O) groups excluding carboxylic acids is 1. The molecule has 4 rings (SSSR count). The zero-order valence-electron chi connectivity index (χ0n) is 17.5. The first-order valence-corrected chi connectivity index (χ1v) is 13.0. The van der Waals surface area contributed by atoms with E-state index < -0.39 is 10.0 Å². The number of hydrogen-bond donors (Lipinski definition) is 0. The first-order chi connectivity index (χ1) is 14.8. The van der Waals surface area contributed by atoms with E-state index in [1.54, 1.807) is 22.6 Å². The maximum Gasteiger partial charge on any atom is 0.276 e. The van der Waals surface area contributed by atoms with Gasteiger partial charge in [0.15, 0.2) is 5.17 Å². The smallest absolute Gasteiger partial charge is 0.276 e. The Hall–Kier alpha value is -1.81. The third-order valence-electron chi connectivity index (χ3n) is 5.52. The number of aryl methyl sites for hydroxylation is 2. The van der Waals surface area contributed by atoms with Crippen molar-refractivity contribution in [2.24, 2.45) is 12.0 Å². The minimum Gasteiger partial charge on any atom is -0.345 e. The molecule has 0 bridgehead atoms. The number of carbonyl (C=O) groups is 1. The second-order valence-corrected chi connectivity index (χ2v) is 11.2. The van der Waals surface area contributed by atoms with Gasteiger partial charge in [-0.15, -0.1) is 0 Å². The molecule has 0 aliphatic carbocycles. The predicted octanol–water partition coefficient (Wildman–Crippen LogP) is 4.04. The van der Waals surface area contributed by atoms with Crippen molar-refractivity contribution in [3.05, 3.63) is 46.7 Å². The predicted molar refractivity (Wildman–Crippen MR) is 125 cm³/mol. The fraction of sp³-hybridized carbons (Fsp3) is 0.429. The molecule has 7 nitrogen and oxygen atoms in total. The van der Waals surface area contributed by atoms with E-state index in [2.05, 4.69) is 4.99 Å².